The fourth-order valence-electron chi connectivity index (χ4n) is 3.57. The number of carbonyl (C=O) groups excluding carboxylic acids is 2. The maximum absolute atomic E-state index is 12.6. The van der Waals surface area contributed by atoms with E-state index in [-0.39, 0.29) is 11.8 Å². The van der Waals surface area contributed by atoms with Gasteiger partial charge in [-0.2, -0.15) is 0 Å². The van der Waals surface area contributed by atoms with Crippen LogP contribution in [0.4, 0.5) is 0 Å². The van der Waals surface area contributed by atoms with E-state index in [9.17, 15) is 9.59 Å². The minimum Gasteiger partial charge on any atom is -0.353 e. The second-order valence-corrected chi connectivity index (χ2v) is 8.59. The molecule has 2 fully saturated rings. The Kier molecular flexibility index (Phi) is 5.53. The van der Waals surface area contributed by atoms with Gasteiger partial charge < -0.3 is 10.2 Å². The van der Waals surface area contributed by atoms with Crippen LogP contribution in [-0.4, -0.2) is 40.8 Å². The Morgan fingerprint density at radius 2 is 2.11 bits per heavy atom. The van der Waals surface area contributed by atoms with E-state index in [1.807, 2.05) is 35.2 Å². The summed E-state index contributed by atoms with van der Waals surface area (Å²) >= 11 is 1.59. The lowest BCUT2D eigenvalue weighted by molar-refractivity contribution is -0.127. The van der Waals surface area contributed by atoms with Crippen molar-refractivity contribution < 1.29 is 9.59 Å². The van der Waals surface area contributed by atoms with Gasteiger partial charge in [0.1, 0.15) is 5.01 Å². The summed E-state index contributed by atoms with van der Waals surface area (Å²) in [6.45, 7) is 1.55. The van der Waals surface area contributed by atoms with Crippen LogP contribution in [0.15, 0.2) is 30.3 Å². The molecule has 1 aliphatic carbocycles. The number of thiazole rings is 1. The zero-order valence-electron chi connectivity index (χ0n) is 15.4. The number of nitrogens with one attached hydrogen (secondary N) is 1. The first-order chi connectivity index (χ1) is 13.2. The van der Waals surface area contributed by atoms with Crippen LogP contribution in [0.5, 0.6) is 0 Å². The zero-order chi connectivity index (χ0) is 18.6. The third kappa shape index (κ3) is 4.95. The summed E-state index contributed by atoms with van der Waals surface area (Å²) < 4.78 is 1.13. The molecular weight excluding hydrogens is 358 g/mol. The molecule has 1 aromatic carbocycles. The number of para-hydroxylation sites is 1. The molecule has 1 aliphatic heterocycles. The minimum atomic E-state index is 0.0430. The molecule has 2 amide bonds. The molecule has 142 valence electrons. The Bertz CT molecular complexity index is 823. The fourth-order valence-corrected chi connectivity index (χ4v) is 4.44. The molecule has 4 rings (SSSR count). The van der Waals surface area contributed by atoms with Gasteiger partial charge in [-0.15, -0.1) is 11.3 Å². The van der Waals surface area contributed by atoms with Crippen molar-refractivity contribution in [3.8, 4) is 0 Å². The smallest absolute Gasteiger partial charge is 0.246 e. The highest BCUT2D eigenvalue weighted by Gasteiger charge is 2.25. The minimum absolute atomic E-state index is 0.0430. The standard InChI is InChI=1S/C21H25N3O2S/c25-19(22-16-8-9-16)10-7-15-4-3-13-24(14-15)21(26)12-11-20-23-17-5-1-2-6-18(17)27-20/h1-2,5-6,11-12,15-16H,3-4,7-10,13-14H2,(H,22,25)/b12-11+. The summed E-state index contributed by atoms with van der Waals surface area (Å²) in [5.74, 6) is 0.626. The Labute approximate surface area is 163 Å². The number of likely N-dealkylation sites (tertiary alicyclic amines) is 1. The van der Waals surface area contributed by atoms with Gasteiger partial charge in [0.15, 0.2) is 0 Å². The number of nitrogens with zero attached hydrogens (tertiary/aromatic N) is 2. The molecule has 2 aromatic rings. The molecule has 1 unspecified atom stereocenters. The summed E-state index contributed by atoms with van der Waals surface area (Å²) in [7, 11) is 0. The molecule has 0 bridgehead atoms. The molecule has 2 heterocycles. The lowest BCUT2D eigenvalue weighted by atomic mass is 9.93. The van der Waals surface area contributed by atoms with Crippen molar-refractivity contribution in [3.05, 3.63) is 35.3 Å². The maximum atomic E-state index is 12.6. The summed E-state index contributed by atoms with van der Waals surface area (Å²) in [5.41, 5.74) is 0.970. The van der Waals surface area contributed by atoms with Crippen LogP contribution >= 0.6 is 11.3 Å². The van der Waals surface area contributed by atoms with Gasteiger partial charge in [0.25, 0.3) is 0 Å². The third-order valence-corrected chi connectivity index (χ3v) is 6.23. The lowest BCUT2D eigenvalue weighted by Gasteiger charge is -2.32. The van der Waals surface area contributed by atoms with E-state index >= 15 is 0 Å². The summed E-state index contributed by atoms with van der Waals surface area (Å²) in [5, 5.41) is 3.90. The molecule has 0 radical (unpaired) electrons. The summed E-state index contributed by atoms with van der Waals surface area (Å²) in [6, 6.07) is 8.42. The predicted molar refractivity (Wildman–Crippen MR) is 108 cm³/mol. The lowest BCUT2D eigenvalue weighted by Crippen LogP contribution is -2.39. The molecule has 27 heavy (non-hydrogen) atoms. The van der Waals surface area contributed by atoms with Crippen molar-refractivity contribution in [2.75, 3.05) is 13.1 Å². The van der Waals surface area contributed by atoms with Crippen LogP contribution in [0.1, 0.15) is 43.5 Å². The van der Waals surface area contributed by atoms with Crippen molar-refractivity contribution in [1.82, 2.24) is 15.2 Å². The first kappa shape index (κ1) is 18.2. The van der Waals surface area contributed by atoms with E-state index in [1.165, 1.54) is 0 Å². The molecule has 1 atom stereocenters. The second kappa shape index (κ2) is 8.21. The molecule has 1 saturated heterocycles. The van der Waals surface area contributed by atoms with Crippen LogP contribution in [-0.2, 0) is 9.59 Å². The first-order valence-electron chi connectivity index (χ1n) is 9.79. The highest BCUT2D eigenvalue weighted by molar-refractivity contribution is 7.19. The maximum Gasteiger partial charge on any atom is 0.246 e. The van der Waals surface area contributed by atoms with Gasteiger partial charge in [0.2, 0.25) is 11.8 Å². The average Bonchev–Trinajstić information content (AvgIpc) is 3.40. The number of hydrogen-bond acceptors (Lipinski definition) is 4. The van der Waals surface area contributed by atoms with E-state index in [4.69, 9.17) is 0 Å². The number of amides is 2. The van der Waals surface area contributed by atoms with E-state index in [0.717, 1.165) is 60.4 Å². The van der Waals surface area contributed by atoms with Crippen molar-refractivity contribution in [2.24, 2.45) is 5.92 Å². The Morgan fingerprint density at radius 3 is 2.93 bits per heavy atom. The third-order valence-electron chi connectivity index (χ3n) is 5.23. The molecule has 6 heteroatoms. The van der Waals surface area contributed by atoms with Gasteiger partial charge in [0.05, 0.1) is 10.2 Å². The van der Waals surface area contributed by atoms with Gasteiger partial charge in [-0.3, -0.25) is 9.59 Å². The number of piperidine rings is 1. The van der Waals surface area contributed by atoms with E-state index in [2.05, 4.69) is 10.3 Å². The largest absolute Gasteiger partial charge is 0.353 e. The fraction of sp³-hybridized carbons (Fsp3) is 0.476. The predicted octanol–water partition coefficient (Wildman–Crippen LogP) is 3.61. The van der Waals surface area contributed by atoms with Crippen LogP contribution < -0.4 is 5.32 Å². The van der Waals surface area contributed by atoms with Gasteiger partial charge >= 0.3 is 0 Å². The van der Waals surface area contributed by atoms with Crippen molar-refractivity contribution in [2.45, 2.75) is 44.6 Å². The van der Waals surface area contributed by atoms with Crippen LogP contribution in [0.3, 0.4) is 0 Å². The highest BCUT2D eigenvalue weighted by atomic mass is 32.1. The second-order valence-electron chi connectivity index (χ2n) is 7.53. The molecule has 5 nitrogen and oxygen atoms in total. The molecule has 1 N–H and O–H groups in total. The SMILES string of the molecule is O=C(CCC1CCCN(C(=O)/C=C/c2nc3ccccc3s2)C1)NC1CC1. The number of benzene rings is 1. The van der Waals surface area contributed by atoms with E-state index in [0.29, 0.717) is 18.4 Å². The number of fused-ring (bicyclic) bond motifs is 1. The number of hydrogen-bond donors (Lipinski definition) is 1. The van der Waals surface area contributed by atoms with Gasteiger partial charge in [-0.05, 0) is 56.2 Å². The van der Waals surface area contributed by atoms with Crippen molar-refractivity contribution in [1.29, 1.82) is 0 Å². The van der Waals surface area contributed by atoms with E-state index in [1.54, 1.807) is 17.4 Å². The summed E-state index contributed by atoms with van der Waals surface area (Å²) in [6.07, 6.45) is 9.25. The monoisotopic (exact) mass is 383 g/mol. The molecular formula is C21H25N3O2S. The normalized spacial score (nSPS) is 20.3. The Balaban J connectivity index is 1.29. The number of aromatic nitrogens is 1. The van der Waals surface area contributed by atoms with Crippen LogP contribution in [0.2, 0.25) is 0 Å². The summed E-state index contributed by atoms with van der Waals surface area (Å²) in [4.78, 5) is 30.9. The molecule has 0 spiro atoms. The van der Waals surface area contributed by atoms with Crippen molar-refractivity contribution in [3.63, 3.8) is 0 Å². The molecule has 2 aliphatic rings. The average molecular weight is 384 g/mol. The Morgan fingerprint density at radius 1 is 1.26 bits per heavy atom. The van der Waals surface area contributed by atoms with Gasteiger partial charge in [-0.1, -0.05) is 12.1 Å². The number of rotatable bonds is 6. The first-order valence-corrected chi connectivity index (χ1v) is 10.6. The quantitative estimate of drug-likeness (QED) is 0.775. The highest BCUT2D eigenvalue weighted by Crippen LogP contribution is 2.24. The van der Waals surface area contributed by atoms with Crippen LogP contribution in [0.25, 0.3) is 16.3 Å². The van der Waals surface area contributed by atoms with Gasteiger partial charge in [0, 0.05) is 31.6 Å². The topological polar surface area (TPSA) is 62.3 Å². The molecule has 1 saturated carbocycles. The Hall–Kier alpha value is -2.21. The van der Waals surface area contributed by atoms with Gasteiger partial charge in [-0.25, -0.2) is 4.98 Å². The van der Waals surface area contributed by atoms with Crippen molar-refractivity contribution >= 4 is 39.4 Å². The molecule has 1 aromatic heterocycles. The van der Waals surface area contributed by atoms with Crippen LogP contribution in [0, 0.1) is 5.92 Å². The number of carbonyl (C=O) groups is 2. The van der Waals surface area contributed by atoms with E-state index < -0.39 is 0 Å². The zero-order valence-corrected chi connectivity index (χ0v) is 16.2.